The van der Waals surface area contributed by atoms with Crippen LogP contribution in [0.3, 0.4) is 0 Å². The van der Waals surface area contributed by atoms with Gasteiger partial charge in [0.25, 0.3) is 0 Å². The first kappa shape index (κ1) is 27.2. The van der Waals surface area contributed by atoms with E-state index in [0.29, 0.717) is 5.75 Å². The predicted octanol–water partition coefficient (Wildman–Crippen LogP) is 5.98. The number of methoxy groups -OCH3 is 1. The van der Waals surface area contributed by atoms with Crippen LogP contribution in [0.25, 0.3) is 0 Å². The fraction of sp³-hybridized carbons (Fsp3) is 0.533. The van der Waals surface area contributed by atoms with Gasteiger partial charge in [-0.05, 0) is 74.6 Å². The summed E-state index contributed by atoms with van der Waals surface area (Å²) in [7, 11) is 1.69. The number of nitrogens with zero attached hydrogens (tertiary/aromatic N) is 2. The quantitative estimate of drug-likeness (QED) is 0.277. The topological polar surface area (TPSA) is 51.2 Å². The van der Waals surface area contributed by atoms with Crippen LogP contribution in [0.2, 0.25) is 0 Å². The molecule has 2 unspecified atom stereocenters. The van der Waals surface area contributed by atoms with Crippen molar-refractivity contribution in [2.75, 3.05) is 38.2 Å². The van der Waals surface area contributed by atoms with Crippen LogP contribution in [0, 0.1) is 26.2 Å². The van der Waals surface area contributed by atoms with Gasteiger partial charge in [-0.3, -0.25) is 4.79 Å². The van der Waals surface area contributed by atoms with Crippen molar-refractivity contribution in [3.05, 3.63) is 46.5 Å². The van der Waals surface area contributed by atoms with Gasteiger partial charge in [-0.15, -0.1) is 0 Å². The van der Waals surface area contributed by atoms with E-state index in [1.165, 1.54) is 12.6 Å². The molecule has 0 spiro atoms. The number of esters is 1. The highest BCUT2D eigenvalue weighted by molar-refractivity contribution is 7.80. The molecule has 0 aromatic heterocycles. The maximum atomic E-state index is 11.8. The van der Waals surface area contributed by atoms with Crippen molar-refractivity contribution >= 4 is 28.9 Å². The zero-order chi connectivity index (χ0) is 27.3. The Morgan fingerprint density at radius 2 is 1.59 bits per heavy atom. The number of piperazine rings is 1. The molecule has 6 nitrogen and oxygen atoms in total. The Balaban J connectivity index is 1.62. The van der Waals surface area contributed by atoms with Crippen LogP contribution in [0.5, 0.6) is 17.2 Å². The maximum Gasteiger partial charge on any atom is 0.308 e. The van der Waals surface area contributed by atoms with E-state index in [2.05, 4.69) is 49.6 Å². The summed E-state index contributed by atoms with van der Waals surface area (Å²) in [6.07, 6.45) is 0. The van der Waals surface area contributed by atoms with Gasteiger partial charge in [-0.25, -0.2) is 0 Å². The van der Waals surface area contributed by atoms with Crippen molar-refractivity contribution in [3.8, 4) is 17.2 Å². The lowest BCUT2D eigenvalue weighted by molar-refractivity contribution is -0.132. The van der Waals surface area contributed by atoms with Gasteiger partial charge in [-0.1, -0.05) is 33.0 Å². The monoisotopic (exact) mass is 524 g/mol. The summed E-state index contributed by atoms with van der Waals surface area (Å²) >= 11 is 6.21. The summed E-state index contributed by atoms with van der Waals surface area (Å²) in [5, 5.41) is 0. The van der Waals surface area contributed by atoms with Crippen LogP contribution in [-0.2, 0) is 4.79 Å². The van der Waals surface area contributed by atoms with Crippen LogP contribution in [0.4, 0.5) is 5.69 Å². The molecule has 2 aliphatic heterocycles. The Labute approximate surface area is 226 Å². The Bertz CT molecular complexity index is 1220. The summed E-state index contributed by atoms with van der Waals surface area (Å²) in [6, 6.07) is 8.22. The highest BCUT2D eigenvalue weighted by Gasteiger charge is 2.56. The lowest BCUT2D eigenvalue weighted by atomic mass is 9.62. The van der Waals surface area contributed by atoms with E-state index in [4.69, 9.17) is 26.4 Å². The number of anilines is 1. The molecule has 37 heavy (non-hydrogen) atoms. The average Bonchev–Trinajstić information content (AvgIpc) is 2.88. The Morgan fingerprint density at radius 1 is 1.00 bits per heavy atom. The molecular weight excluding hydrogens is 484 g/mol. The number of thiocarbonyl (C=S) groups is 1. The fourth-order valence-electron chi connectivity index (χ4n) is 5.76. The molecule has 0 radical (unpaired) electrons. The Hall–Kier alpha value is -2.80. The van der Waals surface area contributed by atoms with E-state index >= 15 is 0 Å². The summed E-state index contributed by atoms with van der Waals surface area (Å²) in [5.41, 5.74) is 4.22. The number of hydrogen-bond donors (Lipinski definition) is 0. The molecule has 2 atom stereocenters. The second-order valence-electron chi connectivity index (χ2n) is 11.1. The number of hydrogen-bond acceptors (Lipinski definition) is 6. The first-order chi connectivity index (χ1) is 17.3. The second-order valence-corrected chi connectivity index (χ2v) is 11.5. The molecule has 2 aliphatic rings. The minimum absolute atomic E-state index is 0.133. The van der Waals surface area contributed by atoms with Crippen molar-refractivity contribution in [2.24, 2.45) is 5.41 Å². The molecule has 200 valence electrons. The first-order valence-electron chi connectivity index (χ1n) is 13.0. The molecule has 2 aromatic rings. The van der Waals surface area contributed by atoms with Gasteiger partial charge >= 0.3 is 5.97 Å². The van der Waals surface area contributed by atoms with Crippen LogP contribution in [0.15, 0.2) is 24.3 Å². The number of rotatable bonds is 4. The lowest BCUT2D eigenvalue weighted by Gasteiger charge is -2.55. The third-order valence-electron chi connectivity index (χ3n) is 8.94. The van der Waals surface area contributed by atoms with E-state index in [0.717, 1.165) is 64.9 Å². The Kier molecular flexibility index (Phi) is 7.23. The SMILES string of the molecule is COc1ccc(N2CCN(C(=S)C3(C)Oc4c(C)c(C)c(OC(C)=O)c(C)c4C(C)C3(C)C)CC2)cc1. The van der Waals surface area contributed by atoms with E-state index in [1.807, 2.05) is 32.9 Å². The third kappa shape index (κ3) is 4.45. The predicted molar refractivity (Wildman–Crippen MR) is 153 cm³/mol. The zero-order valence-corrected chi connectivity index (χ0v) is 24.5. The average molecular weight is 525 g/mol. The van der Waals surface area contributed by atoms with Crippen molar-refractivity contribution in [1.29, 1.82) is 0 Å². The molecule has 0 saturated carbocycles. The van der Waals surface area contributed by atoms with Crippen LogP contribution in [0.1, 0.15) is 62.8 Å². The molecule has 0 bridgehead atoms. The van der Waals surface area contributed by atoms with Gasteiger partial charge in [0.1, 0.15) is 22.2 Å². The zero-order valence-electron chi connectivity index (χ0n) is 23.7. The molecule has 2 heterocycles. The van der Waals surface area contributed by atoms with Gasteiger partial charge in [0.15, 0.2) is 5.60 Å². The normalized spacial score (nSPS) is 22.7. The van der Waals surface area contributed by atoms with Gasteiger partial charge in [0.2, 0.25) is 0 Å². The van der Waals surface area contributed by atoms with E-state index < -0.39 is 5.60 Å². The second kappa shape index (κ2) is 9.82. The number of benzene rings is 2. The molecule has 0 amide bonds. The first-order valence-corrected chi connectivity index (χ1v) is 13.4. The summed E-state index contributed by atoms with van der Waals surface area (Å²) in [5.74, 6) is 2.21. The minimum Gasteiger partial charge on any atom is -0.497 e. The number of fused-ring (bicyclic) bond motifs is 1. The molecule has 0 aliphatic carbocycles. The molecular formula is C30H40N2O4S. The Morgan fingerprint density at radius 3 is 2.14 bits per heavy atom. The van der Waals surface area contributed by atoms with Gasteiger partial charge in [-0.2, -0.15) is 0 Å². The summed E-state index contributed by atoms with van der Waals surface area (Å²) < 4.78 is 17.9. The number of ether oxygens (including phenoxy) is 3. The molecule has 1 saturated heterocycles. The number of carbonyl (C=O) groups excluding carboxylic acids is 1. The van der Waals surface area contributed by atoms with Crippen LogP contribution >= 0.6 is 12.2 Å². The fourth-order valence-corrected chi connectivity index (χ4v) is 6.24. The maximum absolute atomic E-state index is 11.8. The molecule has 4 rings (SSSR count). The van der Waals surface area contributed by atoms with Gasteiger partial charge < -0.3 is 24.0 Å². The van der Waals surface area contributed by atoms with Gasteiger partial charge in [0, 0.05) is 49.8 Å². The molecule has 0 N–H and O–H groups in total. The van der Waals surface area contributed by atoms with Crippen molar-refractivity contribution in [3.63, 3.8) is 0 Å². The van der Waals surface area contributed by atoms with Crippen LogP contribution < -0.4 is 19.1 Å². The van der Waals surface area contributed by atoms with Gasteiger partial charge in [0.05, 0.1) is 7.11 Å². The lowest BCUT2D eigenvalue weighted by Crippen LogP contribution is -2.64. The minimum atomic E-state index is -0.677. The highest BCUT2D eigenvalue weighted by atomic mass is 32.1. The highest BCUT2D eigenvalue weighted by Crippen LogP contribution is 2.57. The summed E-state index contributed by atoms with van der Waals surface area (Å²) in [4.78, 5) is 17.4. The largest absolute Gasteiger partial charge is 0.497 e. The molecule has 2 aromatic carbocycles. The van der Waals surface area contributed by atoms with E-state index in [1.54, 1.807) is 7.11 Å². The number of carbonyl (C=O) groups is 1. The third-order valence-corrected chi connectivity index (χ3v) is 9.59. The van der Waals surface area contributed by atoms with E-state index in [9.17, 15) is 4.79 Å². The van der Waals surface area contributed by atoms with Crippen molar-refractivity contribution in [2.45, 2.75) is 66.9 Å². The smallest absolute Gasteiger partial charge is 0.308 e. The van der Waals surface area contributed by atoms with Crippen LogP contribution in [-0.4, -0.2) is 54.7 Å². The summed E-state index contributed by atoms with van der Waals surface area (Å²) in [6.45, 7) is 19.8. The molecule has 1 fully saturated rings. The van der Waals surface area contributed by atoms with E-state index in [-0.39, 0.29) is 17.3 Å². The standard InChI is InChI=1S/C30H40N2O4S/c1-18-19(2)27-25(20(3)26(18)35-22(5)33)21(4)29(6,7)30(8,36-27)28(37)32-16-14-31(15-17-32)23-10-12-24(34-9)13-11-23/h10-13,21H,14-17H2,1-9H3. The molecule has 7 heteroatoms. The van der Waals surface area contributed by atoms with Crippen molar-refractivity contribution < 1.29 is 19.0 Å². The van der Waals surface area contributed by atoms with Crippen molar-refractivity contribution in [1.82, 2.24) is 4.90 Å².